The molecule has 1 aromatic carbocycles. The van der Waals surface area contributed by atoms with Crippen molar-refractivity contribution in [3.05, 3.63) is 34.5 Å². The summed E-state index contributed by atoms with van der Waals surface area (Å²) in [5.74, 6) is -0.467. The van der Waals surface area contributed by atoms with Crippen LogP contribution in [0.15, 0.2) is 23.0 Å². The Morgan fingerprint density at radius 2 is 1.96 bits per heavy atom. The second-order valence-corrected chi connectivity index (χ2v) is 6.45. The largest absolute Gasteiger partial charge is 0.445 e. The van der Waals surface area contributed by atoms with Crippen molar-refractivity contribution in [3.63, 3.8) is 0 Å². The SMILES string of the molecule is CN1C2CCC1CC(OC(=O)n1c(=O)[nH]c3cc(F)ccc31)C2.Cl. The second kappa shape index (κ2) is 6.22. The molecule has 0 saturated carbocycles. The van der Waals surface area contributed by atoms with Gasteiger partial charge >= 0.3 is 11.8 Å². The first-order valence-electron chi connectivity index (χ1n) is 7.86. The Kier molecular flexibility index (Phi) is 4.40. The van der Waals surface area contributed by atoms with Crippen LogP contribution in [0.1, 0.15) is 25.7 Å². The summed E-state index contributed by atoms with van der Waals surface area (Å²) in [7, 11) is 2.11. The van der Waals surface area contributed by atoms with Crippen LogP contribution in [0.4, 0.5) is 9.18 Å². The number of hydrogen-bond acceptors (Lipinski definition) is 4. The van der Waals surface area contributed by atoms with Crippen molar-refractivity contribution in [3.8, 4) is 0 Å². The van der Waals surface area contributed by atoms with Crippen LogP contribution in [-0.2, 0) is 4.74 Å². The fourth-order valence-electron chi connectivity index (χ4n) is 3.92. The molecule has 3 heterocycles. The van der Waals surface area contributed by atoms with Crippen LogP contribution >= 0.6 is 12.4 Å². The van der Waals surface area contributed by atoms with Gasteiger partial charge in [0.25, 0.3) is 0 Å². The Bertz CT molecular complexity index is 820. The van der Waals surface area contributed by atoms with E-state index < -0.39 is 17.6 Å². The molecule has 130 valence electrons. The minimum absolute atomic E-state index is 0. The standard InChI is InChI=1S/C16H18FN3O3.ClH/c1-19-10-3-4-11(19)8-12(7-10)23-16(22)20-14-5-2-9(17)6-13(14)18-15(20)21;/h2,5-6,10-12H,3-4,7-8H2,1H3,(H,18,21);1H. The predicted molar refractivity (Wildman–Crippen MR) is 89.2 cm³/mol. The van der Waals surface area contributed by atoms with Crippen LogP contribution in [0, 0.1) is 5.82 Å². The number of nitrogens with zero attached hydrogens (tertiary/aromatic N) is 2. The predicted octanol–water partition coefficient (Wildman–Crippen LogP) is 2.50. The van der Waals surface area contributed by atoms with E-state index in [1.54, 1.807) is 0 Å². The molecule has 2 fully saturated rings. The maximum Gasteiger partial charge on any atom is 0.423 e. The van der Waals surface area contributed by atoms with Gasteiger partial charge in [0.2, 0.25) is 0 Å². The van der Waals surface area contributed by atoms with E-state index in [9.17, 15) is 14.0 Å². The monoisotopic (exact) mass is 355 g/mol. The maximum absolute atomic E-state index is 13.2. The maximum atomic E-state index is 13.2. The van der Waals surface area contributed by atoms with Crippen molar-refractivity contribution in [1.29, 1.82) is 0 Å². The number of H-pyrrole nitrogens is 1. The van der Waals surface area contributed by atoms with E-state index in [4.69, 9.17) is 4.74 Å². The summed E-state index contributed by atoms with van der Waals surface area (Å²) in [6, 6.07) is 4.70. The number of aromatic amines is 1. The highest BCUT2D eigenvalue weighted by atomic mass is 35.5. The number of imidazole rings is 1. The summed E-state index contributed by atoms with van der Waals surface area (Å²) < 4.78 is 19.7. The Morgan fingerprint density at radius 3 is 2.62 bits per heavy atom. The molecule has 1 N–H and O–H groups in total. The molecule has 1 aromatic heterocycles. The third-order valence-electron chi connectivity index (χ3n) is 5.15. The molecule has 24 heavy (non-hydrogen) atoms. The minimum Gasteiger partial charge on any atom is -0.445 e. The minimum atomic E-state index is -0.693. The van der Waals surface area contributed by atoms with E-state index in [1.165, 1.54) is 18.2 Å². The van der Waals surface area contributed by atoms with Crippen molar-refractivity contribution < 1.29 is 13.9 Å². The van der Waals surface area contributed by atoms with Gasteiger partial charge in [-0.05, 0) is 38.1 Å². The van der Waals surface area contributed by atoms with Crippen LogP contribution in [0.2, 0.25) is 0 Å². The molecule has 0 aliphatic carbocycles. The van der Waals surface area contributed by atoms with E-state index in [0.717, 1.165) is 30.3 Å². The highest BCUT2D eigenvalue weighted by Crippen LogP contribution is 2.35. The molecule has 6 nitrogen and oxygen atoms in total. The number of piperidine rings is 1. The summed E-state index contributed by atoms with van der Waals surface area (Å²) >= 11 is 0. The number of benzene rings is 1. The Morgan fingerprint density at radius 1 is 1.29 bits per heavy atom. The summed E-state index contributed by atoms with van der Waals surface area (Å²) in [5, 5.41) is 0. The number of halogens is 2. The summed E-state index contributed by atoms with van der Waals surface area (Å²) in [6.45, 7) is 0. The lowest BCUT2D eigenvalue weighted by Crippen LogP contribution is -2.44. The zero-order valence-electron chi connectivity index (χ0n) is 13.2. The van der Waals surface area contributed by atoms with Gasteiger partial charge in [-0.15, -0.1) is 12.4 Å². The van der Waals surface area contributed by atoms with Crippen LogP contribution in [0.5, 0.6) is 0 Å². The molecule has 8 heteroatoms. The quantitative estimate of drug-likeness (QED) is 0.853. The smallest absolute Gasteiger partial charge is 0.423 e. The van der Waals surface area contributed by atoms with Crippen molar-refractivity contribution >= 4 is 29.5 Å². The third kappa shape index (κ3) is 2.71. The molecule has 2 unspecified atom stereocenters. The van der Waals surface area contributed by atoms with Crippen molar-refractivity contribution in [2.75, 3.05) is 7.05 Å². The summed E-state index contributed by atoms with van der Waals surface area (Å²) in [5.41, 5.74) is 0.0131. The Hall–Kier alpha value is -1.86. The zero-order chi connectivity index (χ0) is 16.1. The molecule has 4 rings (SSSR count). The summed E-state index contributed by atoms with van der Waals surface area (Å²) in [6.07, 6.45) is 2.98. The molecular weight excluding hydrogens is 337 g/mol. The fraction of sp³-hybridized carbons (Fsp3) is 0.500. The van der Waals surface area contributed by atoms with Crippen LogP contribution in [0.3, 0.4) is 0 Å². The number of fused-ring (bicyclic) bond motifs is 3. The first kappa shape index (κ1) is 17.0. The lowest BCUT2D eigenvalue weighted by Gasteiger charge is -2.35. The topological polar surface area (TPSA) is 67.3 Å². The first-order valence-corrected chi connectivity index (χ1v) is 7.86. The molecule has 2 atom stereocenters. The highest BCUT2D eigenvalue weighted by Gasteiger charge is 2.40. The van der Waals surface area contributed by atoms with Crippen molar-refractivity contribution in [2.24, 2.45) is 0 Å². The lowest BCUT2D eigenvalue weighted by molar-refractivity contribution is 0.0290. The molecule has 2 saturated heterocycles. The molecule has 2 aromatic rings. The number of ether oxygens (including phenoxy) is 1. The van der Waals surface area contributed by atoms with Gasteiger partial charge < -0.3 is 14.6 Å². The molecular formula is C16H19ClFN3O3. The lowest BCUT2D eigenvalue weighted by atomic mass is 10.0. The van der Waals surface area contributed by atoms with Gasteiger partial charge in [-0.1, -0.05) is 0 Å². The normalized spacial score (nSPS) is 26.3. The van der Waals surface area contributed by atoms with Gasteiger partial charge in [-0.3, -0.25) is 0 Å². The van der Waals surface area contributed by atoms with Gasteiger partial charge in [0.05, 0.1) is 11.0 Å². The van der Waals surface area contributed by atoms with Crippen LogP contribution in [0.25, 0.3) is 11.0 Å². The molecule has 2 aliphatic rings. The third-order valence-corrected chi connectivity index (χ3v) is 5.15. The van der Waals surface area contributed by atoms with Gasteiger partial charge in [-0.2, -0.15) is 4.57 Å². The zero-order valence-corrected chi connectivity index (χ0v) is 14.0. The molecule has 0 radical (unpaired) electrons. The first-order chi connectivity index (χ1) is 11.0. The van der Waals surface area contributed by atoms with E-state index in [2.05, 4.69) is 16.9 Å². The van der Waals surface area contributed by atoms with E-state index >= 15 is 0 Å². The average molecular weight is 356 g/mol. The van der Waals surface area contributed by atoms with Crippen LogP contribution in [-0.4, -0.2) is 45.8 Å². The number of carbonyl (C=O) groups is 1. The van der Waals surface area contributed by atoms with E-state index in [-0.39, 0.29) is 24.0 Å². The number of rotatable bonds is 1. The average Bonchev–Trinajstić information content (AvgIpc) is 2.90. The van der Waals surface area contributed by atoms with Crippen LogP contribution < -0.4 is 5.69 Å². The van der Waals surface area contributed by atoms with Gasteiger partial charge in [-0.25, -0.2) is 14.0 Å². The van der Waals surface area contributed by atoms with Crippen molar-refractivity contribution in [2.45, 2.75) is 43.9 Å². The molecule has 2 bridgehead atoms. The van der Waals surface area contributed by atoms with E-state index in [0.29, 0.717) is 17.6 Å². The van der Waals surface area contributed by atoms with Gasteiger partial charge in [0.15, 0.2) is 0 Å². The Balaban J connectivity index is 0.00000169. The molecule has 2 aliphatic heterocycles. The number of carbonyl (C=O) groups excluding carboxylic acids is 1. The summed E-state index contributed by atoms with van der Waals surface area (Å²) in [4.78, 5) is 29.3. The van der Waals surface area contributed by atoms with Crippen molar-refractivity contribution in [1.82, 2.24) is 14.5 Å². The second-order valence-electron chi connectivity index (χ2n) is 6.45. The highest BCUT2D eigenvalue weighted by molar-refractivity contribution is 5.86. The van der Waals surface area contributed by atoms with Gasteiger partial charge in [0.1, 0.15) is 11.9 Å². The Labute approximate surface area is 144 Å². The fourth-order valence-corrected chi connectivity index (χ4v) is 3.92. The van der Waals surface area contributed by atoms with Gasteiger partial charge in [0, 0.05) is 24.9 Å². The molecule has 0 spiro atoms. The molecule has 0 amide bonds. The van der Waals surface area contributed by atoms with E-state index in [1.807, 2.05) is 0 Å². The number of aromatic nitrogens is 2. The number of hydrogen-bond donors (Lipinski definition) is 1. The number of nitrogens with one attached hydrogen (secondary N) is 1.